The van der Waals surface area contributed by atoms with E-state index >= 15 is 0 Å². The van der Waals surface area contributed by atoms with Crippen molar-refractivity contribution in [2.24, 2.45) is 5.92 Å². The first kappa shape index (κ1) is 27.7. The first-order valence-electron chi connectivity index (χ1n) is 11.7. The van der Waals surface area contributed by atoms with E-state index in [1.54, 1.807) is 39.8 Å². The molecule has 3 N–H and O–H groups in total. The number of aromatic hydroxyl groups is 1. The van der Waals surface area contributed by atoms with Crippen LogP contribution in [0.5, 0.6) is 5.75 Å². The SMILES string of the molecule is Cc1cc(C(C(=O)NCc2ccccc2)N(C)C(=O)C(NC(=O)OC(C)(C)C)C(C)C)ccc1O. The van der Waals surface area contributed by atoms with Crippen LogP contribution in [0, 0.1) is 12.8 Å². The fourth-order valence-corrected chi connectivity index (χ4v) is 3.58. The van der Waals surface area contributed by atoms with Crippen LogP contribution < -0.4 is 10.6 Å². The Morgan fingerprint density at radius 3 is 2.23 bits per heavy atom. The van der Waals surface area contributed by atoms with Crippen LogP contribution >= 0.6 is 0 Å². The molecule has 8 nitrogen and oxygen atoms in total. The maximum absolute atomic E-state index is 13.6. The predicted molar refractivity (Wildman–Crippen MR) is 135 cm³/mol. The molecule has 2 aromatic rings. The zero-order chi connectivity index (χ0) is 26.3. The van der Waals surface area contributed by atoms with Crippen molar-refractivity contribution >= 4 is 17.9 Å². The van der Waals surface area contributed by atoms with Gasteiger partial charge in [-0.1, -0.05) is 50.2 Å². The second-order valence-corrected chi connectivity index (χ2v) is 9.97. The van der Waals surface area contributed by atoms with Gasteiger partial charge in [-0.15, -0.1) is 0 Å². The Bertz CT molecular complexity index is 1030. The van der Waals surface area contributed by atoms with Gasteiger partial charge >= 0.3 is 6.09 Å². The molecule has 2 rings (SSSR count). The summed E-state index contributed by atoms with van der Waals surface area (Å²) in [7, 11) is 1.53. The molecule has 0 heterocycles. The van der Waals surface area contributed by atoms with Crippen LogP contribution in [0.1, 0.15) is 57.4 Å². The summed E-state index contributed by atoms with van der Waals surface area (Å²) in [5.74, 6) is -0.976. The Morgan fingerprint density at radius 1 is 1.06 bits per heavy atom. The Kier molecular flexibility index (Phi) is 9.28. The zero-order valence-corrected chi connectivity index (χ0v) is 21.6. The molecule has 0 fully saturated rings. The molecule has 0 aliphatic carbocycles. The molecule has 0 radical (unpaired) electrons. The van der Waals surface area contributed by atoms with Gasteiger partial charge in [0.05, 0.1) is 0 Å². The minimum absolute atomic E-state index is 0.0952. The molecule has 35 heavy (non-hydrogen) atoms. The summed E-state index contributed by atoms with van der Waals surface area (Å²) < 4.78 is 5.33. The van der Waals surface area contributed by atoms with Gasteiger partial charge in [-0.3, -0.25) is 9.59 Å². The van der Waals surface area contributed by atoms with Crippen molar-refractivity contribution in [3.8, 4) is 5.75 Å². The molecule has 2 unspecified atom stereocenters. The molecule has 190 valence electrons. The highest BCUT2D eigenvalue weighted by atomic mass is 16.6. The summed E-state index contributed by atoms with van der Waals surface area (Å²) in [5.41, 5.74) is 1.32. The van der Waals surface area contributed by atoms with E-state index in [-0.39, 0.29) is 17.6 Å². The molecule has 0 saturated heterocycles. The third-order valence-electron chi connectivity index (χ3n) is 5.43. The quantitative estimate of drug-likeness (QED) is 0.525. The van der Waals surface area contributed by atoms with Gasteiger partial charge < -0.3 is 25.4 Å². The van der Waals surface area contributed by atoms with E-state index < -0.39 is 29.7 Å². The van der Waals surface area contributed by atoms with Gasteiger partial charge in [-0.25, -0.2) is 4.79 Å². The van der Waals surface area contributed by atoms with Crippen LogP contribution in [0.3, 0.4) is 0 Å². The van der Waals surface area contributed by atoms with Crippen LogP contribution in [0.15, 0.2) is 48.5 Å². The van der Waals surface area contributed by atoms with Crippen LogP contribution in [0.4, 0.5) is 4.79 Å². The first-order chi connectivity index (χ1) is 16.3. The molecule has 0 aliphatic heterocycles. The Balaban J connectivity index is 2.33. The van der Waals surface area contributed by atoms with Crippen molar-refractivity contribution in [3.63, 3.8) is 0 Å². The minimum Gasteiger partial charge on any atom is -0.508 e. The third-order valence-corrected chi connectivity index (χ3v) is 5.43. The Labute approximate surface area is 207 Å². The van der Waals surface area contributed by atoms with Crippen LogP contribution in [0.2, 0.25) is 0 Å². The highest BCUT2D eigenvalue weighted by Gasteiger charge is 2.35. The number of phenolic OH excluding ortho intramolecular Hbond substituents is 1. The highest BCUT2D eigenvalue weighted by Crippen LogP contribution is 2.26. The van der Waals surface area contributed by atoms with Crippen LogP contribution in [-0.2, 0) is 20.9 Å². The van der Waals surface area contributed by atoms with E-state index in [4.69, 9.17) is 4.74 Å². The van der Waals surface area contributed by atoms with Crippen LogP contribution in [-0.4, -0.2) is 46.6 Å². The molecule has 0 saturated carbocycles. The summed E-state index contributed by atoms with van der Waals surface area (Å²) in [6.07, 6.45) is -0.705. The standard InChI is InChI=1S/C27H37N3O5/c1-17(2)22(29-26(34)35-27(4,5)6)25(33)30(7)23(20-13-14-21(31)18(3)15-20)24(32)28-16-19-11-9-8-10-12-19/h8-15,17,22-23,31H,16H2,1-7H3,(H,28,32)(H,29,34). The highest BCUT2D eigenvalue weighted by molar-refractivity contribution is 5.92. The lowest BCUT2D eigenvalue weighted by atomic mass is 9.98. The Morgan fingerprint density at radius 2 is 1.69 bits per heavy atom. The van der Waals surface area contributed by atoms with E-state index in [0.29, 0.717) is 17.7 Å². The summed E-state index contributed by atoms with van der Waals surface area (Å²) in [6, 6.07) is 12.4. The van der Waals surface area contributed by atoms with E-state index in [1.165, 1.54) is 18.0 Å². The average molecular weight is 484 g/mol. The predicted octanol–water partition coefficient (Wildman–Crippen LogP) is 4.07. The number of carbonyl (C=O) groups excluding carboxylic acids is 3. The van der Waals surface area contributed by atoms with E-state index in [0.717, 1.165) is 5.56 Å². The molecule has 8 heteroatoms. The van der Waals surface area contributed by atoms with Crippen molar-refractivity contribution in [3.05, 3.63) is 65.2 Å². The number of hydrogen-bond donors (Lipinski definition) is 3. The normalized spacial score (nSPS) is 13.0. The number of hydrogen-bond acceptors (Lipinski definition) is 5. The number of nitrogens with one attached hydrogen (secondary N) is 2. The molecule has 0 aromatic heterocycles. The number of rotatable bonds is 8. The Hall–Kier alpha value is -3.55. The van der Waals surface area contributed by atoms with Gasteiger partial charge in [0.25, 0.3) is 0 Å². The van der Waals surface area contributed by atoms with Crippen molar-refractivity contribution in [2.75, 3.05) is 7.05 Å². The number of likely N-dealkylation sites (N-methyl/N-ethyl adjacent to an activating group) is 1. The lowest BCUT2D eigenvalue weighted by Crippen LogP contribution is -2.53. The molecular formula is C27H37N3O5. The monoisotopic (exact) mass is 483 g/mol. The van der Waals surface area contributed by atoms with E-state index in [1.807, 2.05) is 44.2 Å². The maximum Gasteiger partial charge on any atom is 0.408 e. The maximum atomic E-state index is 13.6. The molecule has 0 aliphatic rings. The third kappa shape index (κ3) is 8.02. The average Bonchev–Trinajstić information content (AvgIpc) is 2.77. The van der Waals surface area contributed by atoms with Gasteiger partial charge in [0.2, 0.25) is 11.8 Å². The number of benzene rings is 2. The summed E-state index contributed by atoms with van der Waals surface area (Å²) in [6.45, 7) is 10.9. The van der Waals surface area contributed by atoms with Crippen LogP contribution in [0.25, 0.3) is 0 Å². The fraction of sp³-hybridized carbons (Fsp3) is 0.444. The number of nitrogens with zero attached hydrogens (tertiary/aromatic N) is 1. The largest absolute Gasteiger partial charge is 0.508 e. The number of ether oxygens (including phenoxy) is 1. The first-order valence-corrected chi connectivity index (χ1v) is 11.7. The second-order valence-electron chi connectivity index (χ2n) is 9.97. The van der Waals surface area contributed by atoms with Gasteiger partial charge in [0, 0.05) is 13.6 Å². The fourth-order valence-electron chi connectivity index (χ4n) is 3.58. The summed E-state index contributed by atoms with van der Waals surface area (Å²) >= 11 is 0. The van der Waals surface area contributed by atoms with Crippen molar-refractivity contribution < 1.29 is 24.2 Å². The van der Waals surface area contributed by atoms with Gasteiger partial charge in [0.1, 0.15) is 23.4 Å². The summed E-state index contributed by atoms with van der Waals surface area (Å²) in [5, 5.41) is 15.5. The number of aryl methyl sites for hydroxylation is 1. The number of carbonyl (C=O) groups is 3. The molecule has 0 spiro atoms. The van der Waals surface area contributed by atoms with E-state index in [9.17, 15) is 19.5 Å². The van der Waals surface area contributed by atoms with Gasteiger partial charge in [0.15, 0.2) is 0 Å². The number of amides is 3. The lowest BCUT2D eigenvalue weighted by molar-refractivity contribution is -0.141. The molecule has 2 atom stereocenters. The van der Waals surface area contributed by atoms with Crippen molar-refractivity contribution in [2.45, 2.75) is 65.8 Å². The molecule has 3 amide bonds. The summed E-state index contributed by atoms with van der Waals surface area (Å²) in [4.78, 5) is 40.7. The molecule has 0 bridgehead atoms. The lowest BCUT2D eigenvalue weighted by Gasteiger charge is -2.33. The van der Waals surface area contributed by atoms with E-state index in [2.05, 4.69) is 10.6 Å². The topological polar surface area (TPSA) is 108 Å². The number of phenols is 1. The smallest absolute Gasteiger partial charge is 0.408 e. The van der Waals surface area contributed by atoms with Crippen molar-refractivity contribution in [1.82, 2.24) is 15.5 Å². The van der Waals surface area contributed by atoms with Gasteiger partial charge in [-0.2, -0.15) is 0 Å². The second kappa shape index (κ2) is 11.7. The zero-order valence-electron chi connectivity index (χ0n) is 21.6. The van der Waals surface area contributed by atoms with Gasteiger partial charge in [-0.05, 0) is 62.4 Å². The molecule has 2 aromatic carbocycles. The minimum atomic E-state index is -0.979. The van der Waals surface area contributed by atoms with Crippen molar-refractivity contribution in [1.29, 1.82) is 0 Å². The molecular weight excluding hydrogens is 446 g/mol. The number of alkyl carbamates (subject to hydrolysis) is 1.